The molecule has 0 saturated heterocycles. The lowest BCUT2D eigenvalue weighted by atomic mass is 9.99. The van der Waals surface area contributed by atoms with E-state index in [0.717, 1.165) is 6.26 Å². The average Bonchev–Trinajstić information content (AvgIpc) is 2.90. The molecule has 1 N–H and O–H groups in total. The van der Waals surface area contributed by atoms with Crippen molar-refractivity contribution in [2.24, 2.45) is 0 Å². The largest absolute Gasteiger partial charge is 0.423 e. The van der Waals surface area contributed by atoms with E-state index in [1.54, 1.807) is 6.26 Å². The summed E-state index contributed by atoms with van der Waals surface area (Å²) >= 11 is 1.40. The Hall–Kier alpha value is -1.79. The van der Waals surface area contributed by atoms with Crippen molar-refractivity contribution in [3.05, 3.63) is 39.6 Å². The zero-order chi connectivity index (χ0) is 20.8. The van der Waals surface area contributed by atoms with Crippen LogP contribution in [0, 0.1) is 10.1 Å². The Morgan fingerprint density at radius 2 is 1.89 bits per heavy atom. The summed E-state index contributed by atoms with van der Waals surface area (Å²) in [6, 6.07) is 2.28. The molecule has 1 heterocycles. The van der Waals surface area contributed by atoms with E-state index in [4.69, 9.17) is 0 Å². The molecule has 1 unspecified atom stereocenters. The zero-order valence-corrected chi connectivity index (χ0v) is 16.2. The molecule has 0 aliphatic carbocycles. The molecule has 27 heavy (non-hydrogen) atoms. The number of hydrogen-bond donors (Lipinski definition) is 1. The zero-order valence-electron chi connectivity index (χ0n) is 14.6. The number of thioether (sulfide) groups is 1. The summed E-state index contributed by atoms with van der Waals surface area (Å²) < 4.78 is 64.9. The first-order valence-corrected chi connectivity index (χ1v) is 10.8. The van der Waals surface area contributed by atoms with Gasteiger partial charge in [0.15, 0.2) is 0 Å². The van der Waals surface area contributed by atoms with Gasteiger partial charge in [-0.2, -0.15) is 24.9 Å². The summed E-state index contributed by atoms with van der Waals surface area (Å²) in [7, 11) is -4.11. The fourth-order valence-electron chi connectivity index (χ4n) is 2.76. The maximum absolute atomic E-state index is 13.3. The number of aliphatic hydroxyl groups is 1. The third kappa shape index (κ3) is 4.22. The van der Waals surface area contributed by atoms with Gasteiger partial charge in [-0.25, -0.2) is 12.4 Å². The van der Waals surface area contributed by atoms with Crippen LogP contribution in [-0.2, 0) is 21.8 Å². The SMILES string of the molecule is CSCCC(C)(O)c1cc2cc([N+](=O)[O-])c(C(F)(F)F)cc2n1S(C)(=O)=O. The quantitative estimate of drug-likeness (QED) is 0.561. The Labute approximate surface area is 157 Å². The molecule has 0 spiro atoms. The van der Waals surface area contributed by atoms with Gasteiger partial charge in [-0.05, 0) is 37.5 Å². The molecule has 1 aromatic heterocycles. The van der Waals surface area contributed by atoms with Gasteiger partial charge in [0.05, 0.1) is 22.4 Å². The number of benzene rings is 1. The van der Waals surface area contributed by atoms with E-state index in [-0.39, 0.29) is 23.0 Å². The van der Waals surface area contributed by atoms with Crippen LogP contribution in [-0.4, -0.2) is 40.7 Å². The van der Waals surface area contributed by atoms with Gasteiger partial charge < -0.3 is 5.11 Å². The van der Waals surface area contributed by atoms with Crippen molar-refractivity contribution in [1.29, 1.82) is 0 Å². The minimum absolute atomic E-state index is 0.0837. The summed E-state index contributed by atoms with van der Waals surface area (Å²) in [5, 5.41) is 21.7. The molecule has 150 valence electrons. The van der Waals surface area contributed by atoms with Gasteiger partial charge in [0.1, 0.15) is 11.2 Å². The van der Waals surface area contributed by atoms with Crippen molar-refractivity contribution < 1.29 is 31.6 Å². The van der Waals surface area contributed by atoms with Gasteiger partial charge >= 0.3 is 6.18 Å². The highest BCUT2D eigenvalue weighted by atomic mass is 32.2. The van der Waals surface area contributed by atoms with Crippen molar-refractivity contribution in [2.75, 3.05) is 18.3 Å². The number of nitrogens with zero attached hydrogens (tertiary/aromatic N) is 2. The molecule has 1 atom stereocenters. The summed E-state index contributed by atoms with van der Waals surface area (Å²) in [4.78, 5) is 9.89. The second kappa shape index (κ2) is 6.99. The highest BCUT2D eigenvalue weighted by Gasteiger charge is 2.40. The molecular formula is C15H17F3N2O5S2. The van der Waals surface area contributed by atoms with Crippen molar-refractivity contribution in [2.45, 2.75) is 25.1 Å². The number of rotatable bonds is 6. The lowest BCUT2D eigenvalue weighted by Gasteiger charge is -2.24. The number of aromatic nitrogens is 1. The molecule has 0 aliphatic rings. The van der Waals surface area contributed by atoms with Gasteiger partial charge in [-0.3, -0.25) is 10.1 Å². The van der Waals surface area contributed by atoms with E-state index in [9.17, 15) is 36.8 Å². The van der Waals surface area contributed by atoms with E-state index < -0.39 is 38.0 Å². The molecule has 0 fully saturated rings. The Kier molecular flexibility index (Phi) is 5.56. The highest BCUT2D eigenvalue weighted by molar-refractivity contribution is 7.98. The standard InChI is InChI=1S/C15H17F3N2O5S2/c1-14(21,4-5-26-2)13-7-9-6-12(20(22)23)10(15(16,17)18)8-11(9)19(13)27(3,24)25/h6-8,21H,4-5H2,1-3H3. The Morgan fingerprint density at radius 3 is 2.33 bits per heavy atom. The topological polar surface area (TPSA) is 102 Å². The Bertz CT molecular complexity index is 997. The van der Waals surface area contributed by atoms with Crippen molar-refractivity contribution >= 4 is 38.4 Å². The van der Waals surface area contributed by atoms with Crippen LogP contribution in [0.3, 0.4) is 0 Å². The van der Waals surface area contributed by atoms with Crippen molar-refractivity contribution in [3.63, 3.8) is 0 Å². The van der Waals surface area contributed by atoms with Crippen LogP contribution in [0.4, 0.5) is 18.9 Å². The van der Waals surface area contributed by atoms with E-state index >= 15 is 0 Å². The minimum atomic E-state index is -5.05. The summed E-state index contributed by atoms with van der Waals surface area (Å²) in [5.41, 5.74) is -4.94. The maximum atomic E-state index is 13.3. The average molecular weight is 426 g/mol. The van der Waals surface area contributed by atoms with Crippen LogP contribution in [0.5, 0.6) is 0 Å². The number of nitro benzene ring substituents is 1. The summed E-state index contributed by atoms with van der Waals surface area (Å²) in [6.45, 7) is 1.35. The van der Waals surface area contributed by atoms with Crippen molar-refractivity contribution in [3.8, 4) is 0 Å². The van der Waals surface area contributed by atoms with E-state index in [1.807, 2.05) is 0 Å². The third-order valence-electron chi connectivity index (χ3n) is 4.05. The number of fused-ring (bicyclic) bond motifs is 1. The van der Waals surface area contributed by atoms with E-state index in [2.05, 4.69) is 0 Å². The summed E-state index contributed by atoms with van der Waals surface area (Å²) in [5.74, 6) is 0.465. The van der Waals surface area contributed by atoms with E-state index in [0.29, 0.717) is 21.9 Å². The Balaban J connectivity index is 2.93. The minimum Gasteiger partial charge on any atom is -0.384 e. The molecule has 2 aromatic rings. The molecule has 7 nitrogen and oxygen atoms in total. The van der Waals surface area contributed by atoms with Gasteiger partial charge in [0.25, 0.3) is 5.69 Å². The fraction of sp³-hybridized carbons (Fsp3) is 0.467. The molecule has 0 bridgehead atoms. The summed E-state index contributed by atoms with van der Waals surface area (Å²) in [6.07, 6.45) is -2.35. The molecule has 0 radical (unpaired) electrons. The van der Waals surface area contributed by atoms with Gasteiger partial charge in [-0.15, -0.1) is 0 Å². The predicted octanol–water partition coefficient (Wildman–Crippen LogP) is 3.34. The lowest BCUT2D eigenvalue weighted by Crippen LogP contribution is -2.28. The fourth-order valence-corrected chi connectivity index (χ4v) is 4.48. The van der Waals surface area contributed by atoms with Gasteiger partial charge in [0.2, 0.25) is 10.0 Å². The van der Waals surface area contributed by atoms with Gasteiger partial charge in [-0.1, -0.05) is 0 Å². The predicted molar refractivity (Wildman–Crippen MR) is 96.4 cm³/mol. The first-order chi connectivity index (χ1) is 12.2. The molecule has 12 heteroatoms. The first-order valence-electron chi connectivity index (χ1n) is 7.53. The third-order valence-corrected chi connectivity index (χ3v) is 5.72. The van der Waals surface area contributed by atoms with Gasteiger partial charge in [0, 0.05) is 11.5 Å². The number of halogens is 3. The van der Waals surface area contributed by atoms with Crippen LogP contribution < -0.4 is 0 Å². The molecule has 0 saturated carbocycles. The number of nitro groups is 1. The number of hydrogen-bond acceptors (Lipinski definition) is 6. The van der Waals surface area contributed by atoms with Crippen LogP contribution in [0.15, 0.2) is 18.2 Å². The lowest BCUT2D eigenvalue weighted by molar-refractivity contribution is -0.387. The van der Waals surface area contributed by atoms with Crippen LogP contribution >= 0.6 is 11.8 Å². The first kappa shape index (κ1) is 21.5. The van der Waals surface area contributed by atoms with E-state index in [1.165, 1.54) is 24.8 Å². The monoisotopic (exact) mass is 426 g/mol. The molecule has 2 rings (SSSR count). The molecular weight excluding hydrogens is 409 g/mol. The number of alkyl halides is 3. The smallest absolute Gasteiger partial charge is 0.384 e. The van der Waals surface area contributed by atoms with Crippen LogP contribution in [0.25, 0.3) is 10.9 Å². The van der Waals surface area contributed by atoms with Crippen molar-refractivity contribution in [1.82, 2.24) is 3.97 Å². The molecule has 0 amide bonds. The normalized spacial score (nSPS) is 15.1. The van der Waals surface area contributed by atoms with Crippen LogP contribution in [0.2, 0.25) is 0 Å². The van der Waals surface area contributed by atoms with Crippen LogP contribution in [0.1, 0.15) is 24.6 Å². The Morgan fingerprint density at radius 1 is 1.30 bits per heavy atom. The second-order valence-corrected chi connectivity index (χ2v) is 9.07. The molecule has 1 aromatic carbocycles. The highest BCUT2D eigenvalue weighted by Crippen LogP contribution is 2.41. The molecule has 0 aliphatic heterocycles. The maximum Gasteiger partial charge on any atom is 0.423 e. The second-order valence-electron chi connectivity index (χ2n) is 6.26.